The first-order valence-corrected chi connectivity index (χ1v) is 9.58. The van der Waals surface area contributed by atoms with Crippen LogP contribution in [0, 0.1) is 6.92 Å². The first-order valence-electron chi connectivity index (χ1n) is 6.95. The van der Waals surface area contributed by atoms with Gasteiger partial charge in [0.05, 0.1) is 4.34 Å². The average Bonchev–Trinajstić information content (AvgIpc) is 2.85. The number of thiophene rings is 1. The zero-order valence-electron chi connectivity index (χ0n) is 12.3. The summed E-state index contributed by atoms with van der Waals surface area (Å²) in [6, 6.07) is 11.4. The Morgan fingerprint density at radius 3 is 2.45 bits per heavy atom. The lowest BCUT2D eigenvalue weighted by atomic mass is 10.1. The van der Waals surface area contributed by atoms with Crippen LogP contribution in [-0.4, -0.2) is 32.4 Å². The van der Waals surface area contributed by atoms with Crippen molar-refractivity contribution in [2.75, 3.05) is 19.6 Å². The van der Waals surface area contributed by atoms with Crippen LogP contribution in [0.5, 0.6) is 0 Å². The van der Waals surface area contributed by atoms with Crippen molar-refractivity contribution in [1.29, 1.82) is 0 Å². The van der Waals surface area contributed by atoms with Gasteiger partial charge in [-0.1, -0.05) is 41.9 Å². The van der Waals surface area contributed by atoms with Crippen LogP contribution in [0.1, 0.15) is 11.1 Å². The normalized spacial score (nSPS) is 12.0. The molecule has 22 heavy (non-hydrogen) atoms. The van der Waals surface area contributed by atoms with Crippen molar-refractivity contribution in [2.24, 2.45) is 5.73 Å². The topological polar surface area (TPSA) is 63.4 Å². The summed E-state index contributed by atoms with van der Waals surface area (Å²) in [5.74, 6) is 0. The number of rotatable bonds is 7. The van der Waals surface area contributed by atoms with Crippen LogP contribution in [0.15, 0.2) is 40.6 Å². The predicted molar refractivity (Wildman–Crippen MR) is 92.0 cm³/mol. The highest BCUT2D eigenvalue weighted by molar-refractivity contribution is 7.91. The smallest absolute Gasteiger partial charge is 0.252 e. The summed E-state index contributed by atoms with van der Waals surface area (Å²) in [5, 5.41) is 0. The number of benzene rings is 1. The molecule has 0 amide bonds. The summed E-state index contributed by atoms with van der Waals surface area (Å²) < 4.78 is 27.7. The third-order valence-electron chi connectivity index (χ3n) is 3.30. The van der Waals surface area contributed by atoms with Crippen LogP contribution in [0.2, 0.25) is 4.34 Å². The maximum absolute atomic E-state index is 12.7. The van der Waals surface area contributed by atoms with Crippen LogP contribution in [-0.2, 0) is 16.4 Å². The number of nitrogens with two attached hydrogens (primary N) is 1. The van der Waals surface area contributed by atoms with E-state index in [0.717, 1.165) is 22.5 Å². The Balaban J connectivity index is 2.19. The maximum Gasteiger partial charge on any atom is 0.252 e. The third kappa shape index (κ3) is 4.08. The van der Waals surface area contributed by atoms with Gasteiger partial charge in [-0.15, -0.1) is 11.3 Å². The SMILES string of the molecule is Cc1cc(S(=O)(=O)N(CCN)CCc2ccccc2)sc1Cl. The van der Waals surface area contributed by atoms with Gasteiger partial charge in [0.1, 0.15) is 4.21 Å². The van der Waals surface area contributed by atoms with E-state index in [1.165, 1.54) is 4.31 Å². The molecule has 0 bridgehead atoms. The minimum Gasteiger partial charge on any atom is -0.329 e. The predicted octanol–water partition coefficient (Wildman–Crippen LogP) is 2.90. The Morgan fingerprint density at radius 1 is 1.23 bits per heavy atom. The molecule has 1 aromatic carbocycles. The molecule has 0 spiro atoms. The molecule has 2 N–H and O–H groups in total. The van der Waals surface area contributed by atoms with Gasteiger partial charge < -0.3 is 5.73 Å². The van der Waals surface area contributed by atoms with Gasteiger partial charge in [-0.3, -0.25) is 0 Å². The van der Waals surface area contributed by atoms with Gasteiger partial charge in [0.2, 0.25) is 0 Å². The standard InChI is InChI=1S/C15H19ClN2O2S2/c1-12-11-14(21-15(12)16)22(19,20)18(10-8-17)9-7-13-5-3-2-4-6-13/h2-6,11H,7-10,17H2,1H3. The number of hydrogen-bond acceptors (Lipinski definition) is 4. The fraction of sp³-hybridized carbons (Fsp3) is 0.333. The molecule has 0 atom stereocenters. The molecule has 4 nitrogen and oxygen atoms in total. The lowest BCUT2D eigenvalue weighted by molar-refractivity contribution is 0.423. The second-order valence-corrected chi connectivity index (χ2v) is 8.77. The monoisotopic (exact) mass is 358 g/mol. The second-order valence-electron chi connectivity index (χ2n) is 4.95. The van der Waals surface area contributed by atoms with Crippen LogP contribution in [0.4, 0.5) is 0 Å². The summed E-state index contributed by atoms with van der Waals surface area (Å²) in [4.78, 5) is 0. The summed E-state index contributed by atoms with van der Waals surface area (Å²) >= 11 is 7.09. The van der Waals surface area contributed by atoms with Gasteiger partial charge in [-0.25, -0.2) is 8.42 Å². The van der Waals surface area contributed by atoms with E-state index in [-0.39, 0.29) is 10.8 Å². The van der Waals surface area contributed by atoms with Gasteiger partial charge in [0.25, 0.3) is 10.0 Å². The largest absolute Gasteiger partial charge is 0.329 e. The Labute approximate surface area is 140 Å². The average molecular weight is 359 g/mol. The van der Waals surface area contributed by atoms with E-state index < -0.39 is 10.0 Å². The van der Waals surface area contributed by atoms with E-state index in [4.69, 9.17) is 17.3 Å². The third-order valence-corrected chi connectivity index (χ3v) is 7.20. The highest BCUT2D eigenvalue weighted by atomic mass is 35.5. The Kier molecular flexibility index (Phi) is 6.00. The van der Waals surface area contributed by atoms with Crippen molar-refractivity contribution in [3.63, 3.8) is 0 Å². The van der Waals surface area contributed by atoms with Gasteiger partial charge in [0.15, 0.2) is 0 Å². The van der Waals surface area contributed by atoms with Crippen molar-refractivity contribution >= 4 is 33.0 Å². The molecule has 1 heterocycles. The zero-order valence-corrected chi connectivity index (χ0v) is 14.7. The molecule has 0 saturated heterocycles. The minimum atomic E-state index is -3.55. The van der Waals surface area contributed by atoms with E-state index in [1.54, 1.807) is 13.0 Å². The minimum absolute atomic E-state index is 0.275. The number of hydrogen-bond donors (Lipinski definition) is 1. The van der Waals surface area contributed by atoms with E-state index in [2.05, 4.69) is 0 Å². The molecule has 0 radical (unpaired) electrons. The molecule has 0 aliphatic heterocycles. The number of aryl methyl sites for hydroxylation is 1. The van der Waals surface area contributed by atoms with Gasteiger partial charge in [-0.05, 0) is 30.5 Å². The molecule has 0 unspecified atom stereocenters. The summed E-state index contributed by atoms with van der Waals surface area (Å²) in [5.41, 5.74) is 7.46. The van der Waals surface area contributed by atoms with E-state index in [9.17, 15) is 8.42 Å². The zero-order chi connectivity index (χ0) is 16.2. The molecule has 0 fully saturated rings. The van der Waals surface area contributed by atoms with Crippen molar-refractivity contribution in [2.45, 2.75) is 17.6 Å². The highest BCUT2D eigenvalue weighted by Crippen LogP contribution is 2.31. The Morgan fingerprint density at radius 2 is 1.91 bits per heavy atom. The second kappa shape index (κ2) is 7.57. The molecular weight excluding hydrogens is 340 g/mol. The van der Waals surface area contributed by atoms with Crippen molar-refractivity contribution in [1.82, 2.24) is 4.31 Å². The number of nitrogens with zero attached hydrogens (tertiary/aromatic N) is 1. The van der Waals surface area contributed by atoms with Gasteiger partial charge >= 0.3 is 0 Å². The first-order chi connectivity index (χ1) is 10.4. The fourth-order valence-electron chi connectivity index (χ4n) is 2.08. The molecule has 2 aromatic rings. The maximum atomic E-state index is 12.7. The van der Waals surface area contributed by atoms with Crippen LogP contribution < -0.4 is 5.73 Å². The lowest BCUT2D eigenvalue weighted by Gasteiger charge is -2.20. The molecular formula is C15H19ClN2O2S2. The van der Waals surface area contributed by atoms with Crippen LogP contribution in [0.3, 0.4) is 0 Å². The molecule has 7 heteroatoms. The molecule has 0 aliphatic carbocycles. The van der Waals surface area contributed by atoms with Crippen LogP contribution in [0.25, 0.3) is 0 Å². The molecule has 2 rings (SSSR count). The van der Waals surface area contributed by atoms with Gasteiger partial charge in [-0.2, -0.15) is 4.31 Å². The van der Waals surface area contributed by atoms with E-state index in [1.807, 2.05) is 30.3 Å². The van der Waals surface area contributed by atoms with Crippen molar-refractivity contribution < 1.29 is 8.42 Å². The molecule has 0 saturated carbocycles. The molecule has 120 valence electrons. The lowest BCUT2D eigenvalue weighted by Crippen LogP contribution is -2.36. The van der Waals surface area contributed by atoms with E-state index in [0.29, 0.717) is 23.8 Å². The molecule has 1 aromatic heterocycles. The Hall–Kier alpha value is -0.920. The quantitative estimate of drug-likeness (QED) is 0.827. The molecule has 0 aliphatic rings. The van der Waals surface area contributed by atoms with Crippen LogP contribution >= 0.6 is 22.9 Å². The van der Waals surface area contributed by atoms with Crippen molar-refractivity contribution in [3.05, 3.63) is 51.9 Å². The number of sulfonamides is 1. The summed E-state index contributed by atoms with van der Waals surface area (Å²) in [6.07, 6.45) is 0.651. The summed E-state index contributed by atoms with van der Waals surface area (Å²) in [6.45, 7) is 2.78. The highest BCUT2D eigenvalue weighted by Gasteiger charge is 2.26. The first kappa shape index (κ1) is 17.4. The van der Waals surface area contributed by atoms with E-state index >= 15 is 0 Å². The Bertz CT molecular complexity index is 695. The summed E-state index contributed by atoms with van der Waals surface area (Å²) in [7, 11) is -3.55. The fourth-order valence-corrected chi connectivity index (χ4v) is 5.40. The van der Waals surface area contributed by atoms with Crippen molar-refractivity contribution in [3.8, 4) is 0 Å². The van der Waals surface area contributed by atoms with Gasteiger partial charge in [0, 0.05) is 19.6 Å². The number of halogens is 1.